The zero-order valence-electron chi connectivity index (χ0n) is 16.5. The van der Waals surface area contributed by atoms with Gasteiger partial charge in [-0.15, -0.1) is 29.6 Å². The summed E-state index contributed by atoms with van der Waals surface area (Å²) in [5.74, 6) is 0.776. The molecule has 0 amide bonds. The number of aryl methyl sites for hydroxylation is 1. The van der Waals surface area contributed by atoms with Gasteiger partial charge in [0.2, 0.25) is 11.6 Å². The van der Waals surface area contributed by atoms with E-state index in [0.29, 0.717) is 22.4 Å². The highest BCUT2D eigenvalue weighted by Gasteiger charge is 2.31. The normalized spacial score (nSPS) is 11.2. The van der Waals surface area contributed by atoms with Crippen LogP contribution in [0.25, 0.3) is 23.1 Å². The van der Waals surface area contributed by atoms with Gasteiger partial charge in [-0.05, 0) is 31.2 Å². The Balaban J connectivity index is 0.00000132. The second kappa shape index (κ2) is 9.43. The van der Waals surface area contributed by atoms with Gasteiger partial charge in [-0.25, -0.2) is 14.6 Å². The van der Waals surface area contributed by atoms with E-state index in [1.807, 2.05) is 13.8 Å². The molecular formula is C18H16ClF3N6O2S. The van der Waals surface area contributed by atoms with Gasteiger partial charge < -0.3 is 9.26 Å². The summed E-state index contributed by atoms with van der Waals surface area (Å²) in [7, 11) is 0. The minimum Gasteiger partial charge on any atom is -0.406 e. The molecule has 0 saturated heterocycles. The summed E-state index contributed by atoms with van der Waals surface area (Å²) in [6, 6.07) is 5.10. The fourth-order valence-corrected chi connectivity index (χ4v) is 3.36. The Morgan fingerprint density at radius 3 is 2.45 bits per heavy atom. The lowest BCUT2D eigenvalue weighted by atomic mass is 10.2. The van der Waals surface area contributed by atoms with Crippen molar-refractivity contribution in [2.75, 3.05) is 0 Å². The molecular weight excluding hydrogens is 457 g/mol. The van der Waals surface area contributed by atoms with Crippen LogP contribution in [0.15, 0.2) is 35.0 Å². The highest BCUT2D eigenvalue weighted by atomic mass is 35.5. The number of alkyl halides is 3. The number of hydrogen-bond acceptors (Lipinski definition) is 8. The smallest absolute Gasteiger partial charge is 0.406 e. The maximum atomic E-state index is 12.2. The van der Waals surface area contributed by atoms with E-state index >= 15 is 0 Å². The van der Waals surface area contributed by atoms with E-state index in [2.05, 4.69) is 29.9 Å². The van der Waals surface area contributed by atoms with Crippen LogP contribution >= 0.6 is 22.9 Å². The van der Waals surface area contributed by atoms with Crippen molar-refractivity contribution < 1.29 is 22.4 Å². The molecule has 0 aliphatic heterocycles. The lowest BCUT2D eigenvalue weighted by Crippen LogP contribution is -2.16. The van der Waals surface area contributed by atoms with Gasteiger partial charge in [0.1, 0.15) is 11.6 Å². The fraction of sp³-hybridized carbons (Fsp3) is 0.278. The van der Waals surface area contributed by atoms with E-state index < -0.39 is 6.36 Å². The zero-order valence-corrected chi connectivity index (χ0v) is 18.1. The second-order valence-corrected chi connectivity index (χ2v) is 7.41. The van der Waals surface area contributed by atoms with Crippen molar-refractivity contribution in [2.45, 2.75) is 33.7 Å². The quantitative estimate of drug-likeness (QED) is 0.384. The molecule has 0 saturated carbocycles. The summed E-state index contributed by atoms with van der Waals surface area (Å²) in [6.45, 7) is 6.21. The topological polar surface area (TPSA) is 91.8 Å². The van der Waals surface area contributed by atoms with Crippen LogP contribution in [0.3, 0.4) is 0 Å². The summed E-state index contributed by atoms with van der Waals surface area (Å²) in [4.78, 5) is 13.4. The van der Waals surface area contributed by atoms with Crippen molar-refractivity contribution in [3.05, 3.63) is 45.6 Å². The van der Waals surface area contributed by atoms with Crippen molar-refractivity contribution in [3.8, 4) is 28.9 Å². The van der Waals surface area contributed by atoms with E-state index in [9.17, 15) is 13.2 Å². The first-order chi connectivity index (χ1) is 14.8. The largest absolute Gasteiger partial charge is 0.573 e. The Bertz CT molecular complexity index is 1140. The van der Waals surface area contributed by atoms with Crippen LogP contribution in [0.1, 0.15) is 24.5 Å². The minimum atomic E-state index is -4.76. The Morgan fingerprint density at radius 2 is 1.84 bits per heavy atom. The first kappa shape index (κ1) is 22.7. The molecule has 0 bridgehead atoms. The minimum absolute atomic E-state index is 0.0832. The SMILES string of the molecule is CC.Cc1nc(-c2nc(-c3ccc(OC(F)(F)F)cc3)no2)nn1Cc1cnc(Cl)s1. The molecule has 8 nitrogen and oxygen atoms in total. The maximum absolute atomic E-state index is 12.2. The molecule has 3 heterocycles. The number of hydrogen-bond donors (Lipinski definition) is 0. The summed E-state index contributed by atoms with van der Waals surface area (Å²) in [5, 5.41) is 8.18. The molecule has 0 N–H and O–H groups in total. The Labute approximate surface area is 183 Å². The van der Waals surface area contributed by atoms with Gasteiger partial charge in [-0.3, -0.25) is 0 Å². The van der Waals surface area contributed by atoms with Gasteiger partial charge in [-0.1, -0.05) is 30.6 Å². The predicted octanol–water partition coefficient (Wildman–Crippen LogP) is 5.39. The summed E-state index contributed by atoms with van der Waals surface area (Å²) >= 11 is 7.17. The number of rotatable bonds is 5. The molecule has 4 rings (SSSR count). The van der Waals surface area contributed by atoms with Crippen molar-refractivity contribution >= 4 is 22.9 Å². The van der Waals surface area contributed by atoms with Crippen LogP contribution in [-0.2, 0) is 6.54 Å². The molecule has 0 unspecified atom stereocenters. The van der Waals surface area contributed by atoms with Gasteiger partial charge >= 0.3 is 6.36 Å². The van der Waals surface area contributed by atoms with E-state index in [-0.39, 0.29) is 23.3 Å². The van der Waals surface area contributed by atoms with Crippen LogP contribution in [0.4, 0.5) is 13.2 Å². The molecule has 1 aromatic carbocycles. The molecule has 0 fully saturated rings. The second-order valence-electron chi connectivity index (χ2n) is 5.72. The molecule has 3 aromatic heterocycles. The molecule has 31 heavy (non-hydrogen) atoms. The number of benzene rings is 1. The third-order valence-electron chi connectivity index (χ3n) is 3.65. The lowest BCUT2D eigenvalue weighted by molar-refractivity contribution is -0.274. The molecule has 0 aliphatic rings. The van der Waals surface area contributed by atoms with Crippen LogP contribution in [0.5, 0.6) is 5.75 Å². The van der Waals surface area contributed by atoms with Gasteiger partial charge in [-0.2, -0.15) is 4.98 Å². The standard InChI is InChI=1S/C16H10ClF3N6O2S.C2H6/c1-8-22-13(24-26(8)7-11-6-21-15(17)29-11)14-23-12(25-28-14)9-2-4-10(5-3-9)27-16(18,19)20;1-2/h2-6H,7H2,1H3;1-2H3. The summed E-state index contributed by atoms with van der Waals surface area (Å²) in [5.41, 5.74) is 0.449. The third-order valence-corrected chi connectivity index (χ3v) is 4.75. The molecule has 164 valence electrons. The van der Waals surface area contributed by atoms with Gasteiger partial charge in [0, 0.05) is 16.6 Å². The number of ether oxygens (including phenoxy) is 1. The maximum Gasteiger partial charge on any atom is 0.573 e. The average Bonchev–Trinajstić information content (AvgIpc) is 3.44. The fourth-order valence-electron chi connectivity index (χ4n) is 2.40. The first-order valence-corrected chi connectivity index (χ1v) is 10.2. The highest BCUT2D eigenvalue weighted by molar-refractivity contribution is 7.15. The van der Waals surface area contributed by atoms with E-state index in [4.69, 9.17) is 16.1 Å². The number of thiazole rings is 1. The molecule has 0 atom stereocenters. The molecule has 4 aromatic rings. The van der Waals surface area contributed by atoms with Crippen LogP contribution in [-0.4, -0.2) is 36.3 Å². The lowest BCUT2D eigenvalue weighted by Gasteiger charge is -2.08. The van der Waals surface area contributed by atoms with Crippen molar-refractivity contribution in [3.63, 3.8) is 0 Å². The number of halogens is 4. The summed E-state index contributed by atoms with van der Waals surface area (Å²) in [6.07, 6.45) is -3.10. The van der Waals surface area contributed by atoms with Gasteiger partial charge in [0.25, 0.3) is 5.89 Å². The van der Waals surface area contributed by atoms with Crippen LogP contribution in [0.2, 0.25) is 4.47 Å². The third kappa shape index (κ3) is 5.79. The van der Waals surface area contributed by atoms with Crippen molar-refractivity contribution in [2.24, 2.45) is 0 Å². The predicted molar refractivity (Wildman–Crippen MR) is 108 cm³/mol. The van der Waals surface area contributed by atoms with E-state index in [0.717, 1.165) is 17.0 Å². The van der Waals surface area contributed by atoms with Gasteiger partial charge in [0.15, 0.2) is 4.47 Å². The van der Waals surface area contributed by atoms with Crippen LogP contribution < -0.4 is 4.74 Å². The highest BCUT2D eigenvalue weighted by Crippen LogP contribution is 2.26. The van der Waals surface area contributed by atoms with Gasteiger partial charge in [0.05, 0.1) is 6.54 Å². The zero-order chi connectivity index (χ0) is 22.6. The first-order valence-electron chi connectivity index (χ1n) is 8.99. The van der Waals surface area contributed by atoms with E-state index in [1.165, 1.54) is 23.5 Å². The molecule has 0 radical (unpaired) electrons. The molecule has 0 spiro atoms. The number of nitrogens with zero attached hydrogens (tertiary/aromatic N) is 6. The molecule has 13 heteroatoms. The monoisotopic (exact) mass is 472 g/mol. The van der Waals surface area contributed by atoms with Crippen molar-refractivity contribution in [1.29, 1.82) is 0 Å². The Hall–Kier alpha value is -2.99. The van der Waals surface area contributed by atoms with E-state index in [1.54, 1.807) is 17.8 Å². The summed E-state index contributed by atoms with van der Waals surface area (Å²) < 4.78 is 47.8. The van der Waals surface area contributed by atoms with Crippen molar-refractivity contribution in [1.82, 2.24) is 29.9 Å². The average molecular weight is 473 g/mol. The number of aromatic nitrogens is 6. The Morgan fingerprint density at radius 1 is 1.13 bits per heavy atom. The van der Waals surface area contributed by atoms with Crippen LogP contribution in [0, 0.1) is 6.92 Å². The Kier molecular flexibility index (Phi) is 6.91. The molecule has 0 aliphatic carbocycles.